The Bertz CT molecular complexity index is 975. The molecule has 1 aromatic carbocycles. The third-order valence-corrected chi connectivity index (χ3v) is 6.53. The molecule has 0 N–H and O–H groups in total. The van der Waals surface area contributed by atoms with Crippen molar-refractivity contribution in [2.75, 3.05) is 65.2 Å². The highest BCUT2D eigenvalue weighted by Crippen LogP contribution is 2.42. The summed E-state index contributed by atoms with van der Waals surface area (Å²) in [7, 11) is 6.83. The zero-order valence-corrected chi connectivity index (χ0v) is 21.2. The number of rotatable bonds is 9. The number of ether oxygens (including phenoxy) is 3. The second-order valence-electron chi connectivity index (χ2n) is 8.40. The van der Waals surface area contributed by atoms with Gasteiger partial charge < -0.3 is 24.0 Å². The number of anilines is 1. The lowest BCUT2D eigenvalue weighted by Gasteiger charge is -2.34. The quantitative estimate of drug-likeness (QED) is 0.399. The summed E-state index contributed by atoms with van der Waals surface area (Å²) in [5.74, 6) is 3.75. The summed E-state index contributed by atoms with van der Waals surface area (Å²) in [5.41, 5.74) is 1.76. The number of aromatic nitrogens is 2. The minimum Gasteiger partial charge on any atom is -0.493 e. The molecule has 178 valence electrons. The van der Waals surface area contributed by atoms with Crippen molar-refractivity contribution in [1.82, 2.24) is 14.9 Å². The molecule has 2 aromatic rings. The third kappa shape index (κ3) is 5.81. The average molecular weight is 472 g/mol. The maximum atomic E-state index is 10.2. The number of likely N-dealkylation sites (N-methyl/N-ethyl adjacent to an activating group) is 1. The topological polar surface area (TPSA) is 83.7 Å². The molecule has 0 radical (unpaired) electrons. The highest BCUT2D eigenvalue weighted by molar-refractivity contribution is 7.99. The van der Waals surface area contributed by atoms with E-state index in [0.717, 1.165) is 43.9 Å². The van der Waals surface area contributed by atoms with Crippen LogP contribution in [0.15, 0.2) is 17.3 Å². The Hall–Kier alpha value is -2.70. The van der Waals surface area contributed by atoms with Gasteiger partial charge in [0.05, 0.1) is 27.0 Å². The molecule has 9 heteroatoms. The minimum absolute atomic E-state index is 0.460. The molecule has 0 bridgehead atoms. The number of methoxy groups -OCH3 is 3. The van der Waals surface area contributed by atoms with E-state index in [2.05, 4.69) is 36.8 Å². The number of thioether (sulfide) groups is 1. The van der Waals surface area contributed by atoms with E-state index in [9.17, 15) is 5.26 Å². The summed E-state index contributed by atoms with van der Waals surface area (Å²) in [4.78, 5) is 14.1. The van der Waals surface area contributed by atoms with E-state index in [1.165, 1.54) is 0 Å². The number of nitrogens with zero attached hydrogens (tertiary/aromatic N) is 5. The lowest BCUT2D eigenvalue weighted by molar-refractivity contribution is 0.311. The van der Waals surface area contributed by atoms with Crippen molar-refractivity contribution in [3.63, 3.8) is 0 Å². The Balaban J connectivity index is 2.14. The number of hydrogen-bond donors (Lipinski definition) is 0. The largest absolute Gasteiger partial charge is 0.493 e. The molecule has 8 nitrogen and oxygen atoms in total. The van der Waals surface area contributed by atoms with Crippen LogP contribution < -0.4 is 19.1 Å². The zero-order valence-electron chi connectivity index (χ0n) is 20.3. The van der Waals surface area contributed by atoms with Crippen LogP contribution in [0.2, 0.25) is 0 Å². The highest BCUT2D eigenvalue weighted by Gasteiger charge is 2.25. The lowest BCUT2D eigenvalue weighted by Crippen LogP contribution is -2.45. The smallest absolute Gasteiger partial charge is 0.203 e. The molecule has 1 fully saturated rings. The summed E-state index contributed by atoms with van der Waals surface area (Å²) in [5, 5.41) is 10.8. The maximum Gasteiger partial charge on any atom is 0.203 e. The molecule has 0 unspecified atom stereocenters. The molecule has 33 heavy (non-hydrogen) atoms. The van der Waals surface area contributed by atoms with E-state index < -0.39 is 0 Å². The first kappa shape index (κ1) is 24.9. The predicted molar refractivity (Wildman–Crippen MR) is 132 cm³/mol. The Morgan fingerprint density at radius 3 is 2.18 bits per heavy atom. The summed E-state index contributed by atoms with van der Waals surface area (Å²) >= 11 is 1.63. The number of hydrogen-bond acceptors (Lipinski definition) is 9. The van der Waals surface area contributed by atoms with Crippen molar-refractivity contribution >= 4 is 17.6 Å². The molecular formula is C24H33N5O3S. The van der Waals surface area contributed by atoms with Crippen molar-refractivity contribution in [3.05, 3.63) is 17.7 Å². The van der Waals surface area contributed by atoms with Crippen LogP contribution in [-0.2, 0) is 0 Å². The Kier molecular flexibility index (Phi) is 8.64. The van der Waals surface area contributed by atoms with E-state index in [1.807, 2.05) is 12.1 Å². The Morgan fingerprint density at radius 1 is 1.03 bits per heavy atom. The van der Waals surface area contributed by atoms with Crippen molar-refractivity contribution in [3.8, 4) is 34.6 Å². The first-order chi connectivity index (χ1) is 15.9. The van der Waals surface area contributed by atoms with Crippen molar-refractivity contribution < 1.29 is 14.2 Å². The first-order valence-corrected chi connectivity index (χ1v) is 12.1. The van der Waals surface area contributed by atoms with Gasteiger partial charge >= 0.3 is 0 Å². The summed E-state index contributed by atoms with van der Waals surface area (Å²) in [6.45, 7) is 7.88. The molecule has 0 aliphatic carbocycles. The van der Waals surface area contributed by atoms with E-state index in [4.69, 9.17) is 24.2 Å². The van der Waals surface area contributed by atoms with Crippen LogP contribution in [-0.4, -0.2) is 75.2 Å². The van der Waals surface area contributed by atoms with E-state index >= 15 is 0 Å². The molecular weight excluding hydrogens is 438 g/mol. The normalized spacial score (nSPS) is 14.3. The van der Waals surface area contributed by atoms with Gasteiger partial charge in [-0.15, -0.1) is 0 Å². The van der Waals surface area contributed by atoms with Crippen LogP contribution in [0.5, 0.6) is 17.2 Å². The molecule has 0 saturated carbocycles. The van der Waals surface area contributed by atoms with E-state index in [0.29, 0.717) is 45.4 Å². The fraction of sp³-hybridized carbons (Fsp3) is 0.542. The second-order valence-corrected chi connectivity index (χ2v) is 9.46. The molecule has 3 rings (SSSR count). The molecule has 1 aromatic heterocycles. The van der Waals surface area contributed by atoms with Crippen LogP contribution in [0.25, 0.3) is 11.3 Å². The predicted octanol–water partition coefficient (Wildman–Crippen LogP) is 3.93. The average Bonchev–Trinajstić information content (AvgIpc) is 2.82. The number of piperazine rings is 1. The van der Waals surface area contributed by atoms with Gasteiger partial charge in [-0.05, 0) is 31.5 Å². The standard InChI is InChI=1S/C24H33N5O3S/c1-16(2)7-12-33-24-26-21(17-13-19(30-4)22(32-6)20(14-17)31-5)18(15-25)23(27-24)29-10-8-28(3)9-11-29/h13-14,16H,7-12H2,1-6H3. The first-order valence-electron chi connectivity index (χ1n) is 11.1. The van der Waals surface area contributed by atoms with E-state index in [-0.39, 0.29) is 0 Å². The van der Waals surface area contributed by atoms with E-state index in [1.54, 1.807) is 33.1 Å². The van der Waals surface area contributed by atoms with Crippen LogP contribution >= 0.6 is 11.8 Å². The van der Waals surface area contributed by atoms with Gasteiger partial charge in [0.25, 0.3) is 0 Å². The molecule has 0 amide bonds. The second kappa shape index (κ2) is 11.4. The summed E-state index contributed by atoms with van der Waals surface area (Å²) < 4.78 is 16.6. The van der Waals surface area contributed by atoms with Crippen molar-refractivity contribution in [2.24, 2.45) is 5.92 Å². The van der Waals surface area contributed by atoms with Gasteiger partial charge in [-0.2, -0.15) is 5.26 Å². The third-order valence-electron chi connectivity index (χ3n) is 5.65. The molecule has 0 atom stereocenters. The highest BCUT2D eigenvalue weighted by atomic mass is 32.2. The zero-order chi connectivity index (χ0) is 24.0. The van der Waals surface area contributed by atoms with Crippen molar-refractivity contribution in [2.45, 2.75) is 25.4 Å². The van der Waals surface area contributed by atoms with Crippen LogP contribution in [0.1, 0.15) is 25.8 Å². The summed E-state index contributed by atoms with van der Waals surface area (Å²) in [6.07, 6.45) is 1.07. The van der Waals surface area contributed by atoms with Gasteiger partial charge in [0.2, 0.25) is 5.75 Å². The molecule has 1 aliphatic rings. The van der Waals surface area contributed by atoms with Gasteiger partial charge in [-0.1, -0.05) is 25.6 Å². The fourth-order valence-electron chi connectivity index (χ4n) is 3.66. The Labute approximate surface area is 200 Å². The number of nitriles is 1. The molecule has 1 aliphatic heterocycles. The fourth-order valence-corrected chi connectivity index (χ4v) is 4.73. The SMILES string of the molecule is COc1cc(-c2nc(SCCC(C)C)nc(N3CCN(C)CC3)c2C#N)cc(OC)c1OC. The monoisotopic (exact) mass is 471 g/mol. The van der Waals surface area contributed by atoms with Crippen LogP contribution in [0.4, 0.5) is 5.82 Å². The maximum absolute atomic E-state index is 10.2. The summed E-state index contributed by atoms with van der Waals surface area (Å²) in [6, 6.07) is 6.04. The van der Waals surface area contributed by atoms with Gasteiger partial charge in [0, 0.05) is 37.5 Å². The van der Waals surface area contributed by atoms with Crippen LogP contribution in [0, 0.1) is 17.2 Å². The minimum atomic E-state index is 0.460. The molecule has 2 heterocycles. The van der Waals surface area contributed by atoms with Crippen LogP contribution in [0.3, 0.4) is 0 Å². The van der Waals surface area contributed by atoms with Crippen molar-refractivity contribution in [1.29, 1.82) is 5.26 Å². The molecule has 0 spiro atoms. The lowest BCUT2D eigenvalue weighted by atomic mass is 10.0. The van der Waals surface area contributed by atoms with Gasteiger partial charge in [-0.25, -0.2) is 9.97 Å². The van der Waals surface area contributed by atoms with Gasteiger partial charge in [-0.3, -0.25) is 0 Å². The Morgan fingerprint density at radius 2 is 1.67 bits per heavy atom. The number of benzene rings is 1. The van der Waals surface area contributed by atoms with Gasteiger partial charge in [0.15, 0.2) is 22.5 Å². The molecule has 1 saturated heterocycles. The van der Waals surface area contributed by atoms with Gasteiger partial charge in [0.1, 0.15) is 11.6 Å².